The van der Waals surface area contributed by atoms with Crippen LogP contribution in [-0.4, -0.2) is 43.3 Å². The molecule has 0 aliphatic carbocycles. The number of carbonyl (C=O) groups excluding carboxylic acids is 1. The summed E-state index contributed by atoms with van der Waals surface area (Å²) >= 11 is 9.02. The molecule has 0 fully saturated rings. The molecule has 0 bridgehead atoms. The minimum absolute atomic E-state index is 0.0322. The third-order valence-corrected chi connectivity index (χ3v) is 6.56. The number of aryl methyl sites for hydroxylation is 2. The number of hydrogen-bond acceptors (Lipinski definition) is 7. The zero-order valence-corrected chi connectivity index (χ0v) is 18.8. The summed E-state index contributed by atoms with van der Waals surface area (Å²) in [4.78, 5) is 28.4. The average molecular weight is 447 g/mol. The zero-order chi connectivity index (χ0) is 20.7. The van der Waals surface area contributed by atoms with E-state index in [2.05, 4.69) is 20.1 Å². The van der Waals surface area contributed by atoms with Gasteiger partial charge in [-0.1, -0.05) is 34.7 Å². The lowest BCUT2D eigenvalue weighted by molar-refractivity contribution is -0.118. The molecule has 0 N–H and O–H groups in total. The Morgan fingerprint density at radius 1 is 1.28 bits per heavy atom. The number of aromatic nitrogens is 5. The normalized spacial score (nSPS) is 11.5. The Bertz CT molecular complexity index is 1230. The molecule has 0 saturated heterocycles. The second kappa shape index (κ2) is 7.89. The first-order valence-electron chi connectivity index (χ1n) is 9.04. The van der Waals surface area contributed by atoms with Crippen LogP contribution in [0.4, 0.5) is 5.13 Å². The van der Waals surface area contributed by atoms with Crippen LogP contribution in [0, 0.1) is 13.8 Å². The van der Waals surface area contributed by atoms with E-state index in [1.54, 1.807) is 9.42 Å². The van der Waals surface area contributed by atoms with Crippen LogP contribution < -0.4 is 4.90 Å². The molecule has 7 nitrogen and oxygen atoms in total. The molecule has 4 rings (SSSR count). The predicted octanol–water partition coefficient (Wildman–Crippen LogP) is 4.32. The van der Waals surface area contributed by atoms with E-state index < -0.39 is 0 Å². The number of anilines is 1. The number of benzene rings is 1. The molecule has 0 atom stereocenters. The van der Waals surface area contributed by atoms with Crippen LogP contribution in [0.1, 0.15) is 23.9 Å². The number of likely N-dealkylation sites (N-methyl/N-ethyl adjacent to an activating group) is 1. The summed E-state index contributed by atoms with van der Waals surface area (Å²) in [5.74, 6) is 0.520. The summed E-state index contributed by atoms with van der Waals surface area (Å²) in [6.07, 6.45) is 2.14. The van der Waals surface area contributed by atoms with Crippen molar-refractivity contribution in [3.05, 3.63) is 40.2 Å². The number of nitrogens with zero attached hydrogens (tertiary/aromatic N) is 6. The highest BCUT2D eigenvalue weighted by atomic mass is 35.5. The maximum absolute atomic E-state index is 13.2. The monoisotopic (exact) mass is 446 g/mol. The fourth-order valence-corrected chi connectivity index (χ4v) is 4.73. The van der Waals surface area contributed by atoms with Crippen molar-refractivity contribution in [2.24, 2.45) is 0 Å². The minimum atomic E-state index is -0.0322. The van der Waals surface area contributed by atoms with Gasteiger partial charge in [0, 0.05) is 28.5 Å². The Morgan fingerprint density at radius 2 is 2.07 bits per heavy atom. The van der Waals surface area contributed by atoms with Crippen LogP contribution in [0.2, 0.25) is 5.02 Å². The van der Waals surface area contributed by atoms with Gasteiger partial charge >= 0.3 is 0 Å². The molecule has 0 unspecified atom stereocenters. The Labute approximate surface area is 181 Å². The quantitative estimate of drug-likeness (QED) is 0.425. The first-order chi connectivity index (χ1) is 13.9. The minimum Gasteiger partial charge on any atom is -0.288 e. The number of hydrogen-bond donors (Lipinski definition) is 0. The van der Waals surface area contributed by atoms with Gasteiger partial charge in [-0.15, -0.1) is 5.10 Å². The predicted molar refractivity (Wildman–Crippen MR) is 118 cm³/mol. The molecule has 29 heavy (non-hydrogen) atoms. The second-order valence-electron chi connectivity index (χ2n) is 6.49. The van der Waals surface area contributed by atoms with E-state index in [1.807, 2.05) is 45.2 Å². The second-order valence-corrected chi connectivity index (χ2v) is 8.71. The lowest BCUT2D eigenvalue weighted by Gasteiger charge is -2.19. The average Bonchev–Trinajstić information content (AvgIpc) is 3.29. The van der Waals surface area contributed by atoms with Crippen LogP contribution >= 0.6 is 34.7 Å². The van der Waals surface area contributed by atoms with Crippen LogP contribution in [0.15, 0.2) is 23.4 Å². The third-order valence-electron chi connectivity index (χ3n) is 4.73. The van der Waals surface area contributed by atoms with E-state index >= 15 is 0 Å². The number of halogens is 1. The summed E-state index contributed by atoms with van der Waals surface area (Å²) < 4.78 is 2.70. The van der Waals surface area contributed by atoms with Gasteiger partial charge in [-0.05, 0) is 45.2 Å². The maximum atomic E-state index is 13.2. The van der Waals surface area contributed by atoms with E-state index in [4.69, 9.17) is 11.6 Å². The van der Waals surface area contributed by atoms with E-state index in [0.717, 1.165) is 27.2 Å². The highest BCUT2D eigenvalue weighted by Crippen LogP contribution is 2.31. The topological polar surface area (TPSA) is 76.3 Å². The van der Waals surface area contributed by atoms with Crippen LogP contribution in [0.25, 0.3) is 16.0 Å². The number of fused-ring (bicyclic) bond motifs is 2. The number of thioether (sulfide) groups is 1. The van der Waals surface area contributed by atoms with E-state index in [-0.39, 0.29) is 12.3 Å². The van der Waals surface area contributed by atoms with E-state index in [1.165, 1.54) is 23.1 Å². The first kappa shape index (κ1) is 20.1. The summed E-state index contributed by atoms with van der Waals surface area (Å²) in [5, 5.41) is 6.42. The molecule has 0 aliphatic rings. The molecule has 1 aromatic carbocycles. The standard InChI is InChI=1S/C19H19ClN6OS2/c1-5-25(19-22-14-8-12(20)6-7-15(14)29-19)16(27)9-13-10(2)21-17-23-18(28-4)24-26(17)11(13)3/h6-8H,5,9H2,1-4H3. The van der Waals surface area contributed by atoms with Crippen molar-refractivity contribution < 1.29 is 4.79 Å². The van der Waals surface area contributed by atoms with Gasteiger partial charge in [0.2, 0.25) is 11.1 Å². The van der Waals surface area contributed by atoms with Crippen molar-refractivity contribution in [2.75, 3.05) is 17.7 Å². The molecule has 150 valence electrons. The van der Waals surface area contributed by atoms with Gasteiger partial charge in [0.15, 0.2) is 5.13 Å². The Hall–Kier alpha value is -2.23. The Morgan fingerprint density at radius 3 is 2.79 bits per heavy atom. The van der Waals surface area contributed by atoms with Crippen LogP contribution in [0.5, 0.6) is 0 Å². The molecule has 0 saturated carbocycles. The molecule has 4 aromatic rings. The highest BCUT2D eigenvalue weighted by Gasteiger charge is 2.22. The number of amides is 1. The summed E-state index contributed by atoms with van der Waals surface area (Å²) in [6, 6.07) is 5.57. The molecule has 0 radical (unpaired) electrons. The van der Waals surface area contributed by atoms with Crippen LogP contribution in [-0.2, 0) is 11.2 Å². The van der Waals surface area contributed by atoms with Crippen molar-refractivity contribution in [1.82, 2.24) is 24.6 Å². The van der Waals surface area contributed by atoms with E-state index in [0.29, 0.717) is 27.6 Å². The van der Waals surface area contributed by atoms with Gasteiger partial charge in [0.05, 0.1) is 16.6 Å². The molecular weight excluding hydrogens is 428 g/mol. The van der Waals surface area contributed by atoms with Crippen molar-refractivity contribution in [3.63, 3.8) is 0 Å². The Kier molecular flexibility index (Phi) is 5.46. The van der Waals surface area contributed by atoms with Crippen molar-refractivity contribution >= 4 is 61.7 Å². The number of carbonyl (C=O) groups is 1. The Balaban J connectivity index is 1.68. The van der Waals surface area contributed by atoms with Crippen molar-refractivity contribution in [2.45, 2.75) is 32.3 Å². The van der Waals surface area contributed by atoms with Gasteiger partial charge in [0.25, 0.3) is 5.78 Å². The van der Waals surface area contributed by atoms with Gasteiger partial charge in [-0.3, -0.25) is 9.69 Å². The van der Waals surface area contributed by atoms with Gasteiger partial charge < -0.3 is 0 Å². The zero-order valence-electron chi connectivity index (χ0n) is 16.4. The smallest absolute Gasteiger partial charge is 0.253 e. The molecular formula is C19H19ClN6OS2. The molecule has 0 spiro atoms. The molecule has 1 amide bonds. The first-order valence-corrected chi connectivity index (χ1v) is 11.5. The fourth-order valence-electron chi connectivity index (χ4n) is 3.20. The SMILES string of the molecule is CCN(C(=O)Cc1c(C)nc2nc(SC)nn2c1C)c1nc2cc(Cl)ccc2s1. The highest BCUT2D eigenvalue weighted by molar-refractivity contribution is 7.98. The summed E-state index contributed by atoms with van der Waals surface area (Å²) in [5.41, 5.74) is 3.32. The lowest BCUT2D eigenvalue weighted by Crippen LogP contribution is -2.32. The largest absolute Gasteiger partial charge is 0.288 e. The van der Waals surface area contributed by atoms with Gasteiger partial charge in [-0.2, -0.15) is 4.98 Å². The van der Waals surface area contributed by atoms with Gasteiger partial charge in [-0.25, -0.2) is 14.5 Å². The molecule has 3 aromatic heterocycles. The van der Waals surface area contributed by atoms with Gasteiger partial charge in [0.1, 0.15) is 0 Å². The number of rotatable bonds is 5. The lowest BCUT2D eigenvalue weighted by atomic mass is 10.1. The van der Waals surface area contributed by atoms with Crippen molar-refractivity contribution in [3.8, 4) is 0 Å². The third kappa shape index (κ3) is 3.70. The fraction of sp³-hybridized carbons (Fsp3) is 0.316. The summed E-state index contributed by atoms with van der Waals surface area (Å²) in [7, 11) is 0. The summed E-state index contributed by atoms with van der Waals surface area (Å²) in [6.45, 7) is 6.32. The van der Waals surface area contributed by atoms with E-state index in [9.17, 15) is 4.79 Å². The molecule has 0 aliphatic heterocycles. The van der Waals surface area contributed by atoms with Crippen molar-refractivity contribution in [1.29, 1.82) is 0 Å². The molecule has 3 heterocycles. The number of thiazole rings is 1. The molecule has 10 heteroatoms. The van der Waals surface area contributed by atoms with Crippen LogP contribution in [0.3, 0.4) is 0 Å². The maximum Gasteiger partial charge on any atom is 0.253 e.